The molecule has 1 aromatic heterocycles. The number of hydrogen-bond donors (Lipinski definition) is 1. The zero-order valence-corrected chi connectivity index (χ0v) is 10.3. The van der Waals surface area contributed by atoms with Gasteiger partial charge in [-0.15, -0.1) is 5.10 Å². The van der Waals surface area contributed by atoms with E-state index in [9.17, 15) is 9.50 Å². The third kappa shape index (κ3) is 2.12. The fraction of sp³-hybridized carbons (Fsp3) is 0.455. The third-order valence-electron chi connectivity index (χ3n) is 2.78. The minimum Gasteiger partial charge on any atom is -0.394 e. The van der Waals surface area contributed by atoms with Gasteiger partial charge in [0.2, 0.25) is 0 Å². The Morgan fingerprint density at radius 3 is 2.76 bits per heavy atom. The maximum Gasteiger partial charge on any atom is 0.144 e. The van der Waals surface area contributed by atoms with E-state index in [0.29, 0.717) is 11.0 Å². The maximum absolute atomic E-state index is 13.4. The van der Waals surface area contributed by atoms with Gasteiger partial charge in [-0.1, -0.05) is 30.7 Å². The second-order valence-corrected chi connectivity index (χ2v) is 4.69. The molecule has 1 N–H and O–H groups in total. The van der Waals surface area contributed by atoms with Crippen molar-refractivity contribution in [2.45, 2.75) is 19.9 Å². The van der Waals surface area contributed by atoms with Crippen LogP contribution in [0.3, 0.4) is 0 Å². The molecule has 1 aromatic carbocycles. The van der Waals surface area contributed by atoms with Crippen molar-refractivity contribution in [1.82, 2.24) is 15.0 Å². The van der Waals surface area contributed by atoms with Crippen LogP contribution in [0.15, 0.2) is 12.1 Å². The molecule has 0 aliphatic rings. The van der Waals surface area contributed by atoms with Crippen molar-refractivity contribution in [2.24, 2.45) is 5.92 Å². The second-order valence-electron chi connectivity index (χ2n) is 4.28. The van der Waals surface area contributed by atoms with E-state index in [0.717, 1.165) is 0 Å². The van der Waals surface area contributed by atoms with Gasteiger partial charge in [-0.3, -0.25) is 0 Å². The summed E-state index contributed by atoms with van der Waals surface area (Å²) in [6, 6.07) is 2.51. The summed E-state index contributed by atoms with van der Waals surface area (Å²) in [5.41, 5.74) is 1.06. The number of aromatic nitrogens is 3. The molecule has 17 heavy (non-hydrogen) atoms. The lowest BCUT2D eigenvalue weighted by atomic mass is 10.1. The Morgan fingerprint density at radius 1 is 1.47 bits per heavy atom. The number of hydrogen-bond acceptors (Lipinski definition) is 3. The number of fused-ring (bicyclic) bond motifs is 1. The SMILES string of the molecule is CC(C)C(CO)n1nnc2cc(Cl)c(F)cc21. The Labute approximate surface area is 103 Å². The van der Waals surface area contributed by atoms with Gasteiger partial charge in [-0.25, -0.2) is 9.07 Å². The second kappa shape index (κ2) is 4.58. The molecule has 2 aromatic rings. The molecule has 0 saturated carbocycles. The Morgan fingerprint density at radius 2 is 2.18 bits per heavy atom. The van der Waals surface area contributed by atoms with Crippen LogP contribution in [0.2, 0.25) is 5.02 Å². The summed E-state index contributed by atoms with van der Waals surface area (Å²) in [4.78, 5) is 0. The van der Waals surface area contributed by atoms with Gasteiger partial charge >= 0.3 is 0 Å². The van der Waals surface area contributed by atoms with Crippen molar-refractivity contribution in [3.8, 4) is 0 Å². The van der Waals surface area contributed by atoms with E-state index in [2.05, 4.69) is 10.3 Å². The summed E-state index contributed by atoms with van der Waals surface area (Å²) in [5, 5.41) is 17.2. The van der Waals surface area contributed by atoms with Gasteiger partial charge in [-0.2, -0.15) is 0 Å². The van der Waals surface area contributed by atoms with Crippen LogP contribution in [0.5, 0.6) is 0 Å². The van der Waals surface area contributed by atoms with Crippen LogP contribution >= 0.6 is 11.6 Å². The first-order valence-electron chi connectivity index (χ1n) is 5.35. The standard InChI is InChI=1S/C11H13ClFN3O/c1-6(2)11(5-17)16-10-4-8(13)7(12)3-9(10)14-15-16/h3-4,6,11,17H,5H2,1-2H3. The molecule has 0 spiro atoms. The van der Waals surface area contributed by atoms with E-state index in [1.54, 1.807) is 4.68 Å². The maximum atomic E-state index is 13.4. The number of aliphatic hydroxyl groups excluding tert-OH is 1. The van der Waals surface area contributed by atoms with Gasteiger partial charge in [0.15, 0.2) is 0 Å². The highest BCUT2D eigenvalue weighted by Crippen LogP contribution is 2.25. The lowest BCUT2D eigenvalue weighted by molar-refractivity contribution is 0.184. The van der Waals surface area contributed by atoms with Crippen molar-refractivity contribution < 1.29 is 9.50 Å². The van der Waals surface area contributed by atoms with Gasteiger partial charge in [0.1, 0.15) is 11.3 Å². The van der Waals surface area contributed by atoms with Crippen molar-refractivity contribution in [2.75, 3.05) is 6.61 Å². The minimum atomic E-state index is -0.511. The fourth-order valence-electron chi connectivity index (χ4n) is 1.75. The van der Waals surface area contributed by atoms with Gasteiger partial charge in [0.05, 0.1) is 23.2 Å². The molecule has 0 radical (unpaired) electrons. The largest absolute Gasteiger partial charge is 0.394 e. The van der Waals surface area contributed by atoms with Crippen molar-refractivity contribution in [1.29, 1.82) is 0 Å². The van der Waals surface area contributed by atoms with E-state index in [-0.39, 0.29) is 23.6 Å². The number of benzene rings is 1. The third-order valence-corrected chi connectivity index (χ3v) is 3.07. The van der Waals surface area contributed by atoms with Crippen LogP contribution in [-0.4, -0.2) is 26.7 Å². The summed E-state index contributed by atoms with van der Waals surface area (Å²) < 4.78 is 15.0. The van der Waals surface area contributed by atoms with Gasteiger partial charge in [0.25, 0.3) is 0 Å². The molecule has 1 heterocycles. The summed E-state index contributed by atoms with van der Waals surface area (Å²) in [7, 11) is 0. The number of rotatable bonds is 3. The van der Waals surface area contributed by atoms with Crippen LogP contribution in [0, 0.1) is 11.7 Å². The van der Waals surface area contributed by atoms with Crippen LogP contribution in [0.1, 0.15) is 19.9 Å². The van der Waals surface area contributed by atoms with Gasteiger partial charge in [0, 0.05) is 6.07 Å². The molecule has 4 nitrogen and oxygen atoms in total. The summed E-state index contributed by atoms with van der Waals surface area (Å²) in [6.45, 7) is 3.85. The van der Waals surface area contributed by atoms with Crippen LogP contribution in [0.25, 0.3) is 11.0 Å². The van der Waals surface area contributed by atoms with Crippen molar-refractivity contribution in [3.63, 3.8) is 0 Å². The highest BCUT2D eigenvalue weighted by molar-refractivity contribution is 6.31. The van der Waals surface area contributed by atoms with E-state index in [4.69, 9.17) is 11.6 Å². The van der Waals surface area contributed by atoms with E-state index >= 15 is 0 Å². The highest BCUT2D eigenvalue weighted by Gasteiger charge is 2.19. The zero-order chi connectivity index (χ0) is 12.6. The number of aliphatic hydroxyl groups is 1. The first-order valence-corrected chi connectivity index (χ1v) is 5.73. The molecule has 0 amide bonds. The highest BCUT2D eigenvalue weighted by atomic mass is 35.5. The normalized spacial score (nSPS) is 13.5. The van der Waals surface area contributed by atoms with Gasteiger partial charge < -0.3 is 5.11 Å². The lowest BCUT2D eigenvalue weighted by Crippen LogP contribution is -2.20. The topological polar surface area (TPSA) is 50.9 Å². The molecule has 0 saturated heterocycles. The molecule has 1 unspecified atom stereocenters. The quantitative estimate of drug-likeness (QED) is 0.919. The van der Waals surface area contributed by atoms with Crippen molar-refractivity contribution in [3.05, 3.63) is 23.0 Å². The predicted octanol–water partition coefficient (Wildman–Crippen LogP) is 2.41. The minimum absolute atomic E-state index is 0.0228. The fourth-order valence-corrected chi connectivity index (χ4v) is 1.91. The van der Waals surface area contributed by atoms with E-state index < -0.39 is 5.82 Å². The number of halogens is 2. The Bertz CT molecular complexity index is 541. The molecule has 1 atom stereocenters. The monoisotopic (exact) mass is 257 g/mol. The summed E-state index contributed by atoms with van der Waals surface area (Å²) in [5.74, 6) is -0.341. The molecule has 0 fully saturated rings. The summed E-state index contributed by atoms with van der Waals surface area (Å²) in [6.07, 6.45) is 0. The smallest absolute Gasteiger partial charge is 0.144 e. The van der Waals surface area contributed by atoms with Crippen LogP contribution in [-0.2, 0) is 0 Å². The first kappa shape index (κ1) is 12.3. The van der Waals surface area contributed by atoms with E-state index in [1.807, 2.05) is 13.8 Å². The average molecular weight is 258 g/mol. The first-order chi connectivity index (χ1) is 8.04. The number of nitrogens with zero attached hydrogens (tertiary/aromatic N) is 3. The molecule has 6 heteroatoms. The van der Waals surface area contributed by atoms with Gasteiger partial charge in [-0.05, 0) is 12.0 Å². The van der Waals surface area contributed by atoms with E-state index in [1.165, 1.54) is 12.1 Å². The van der Waals surface area contributed by atoms with Crippen molar-refractivity contribution >= 4 is 22.6 Å². The Balaban J connectivity index is 2.59. The summed E-state index contributed by atoms with van der Waals surface area (Å²) >= 11 is 5.67. The molecule has 92 valence electrons. The Hall–Kier alpha value is -1.20. The predicted molar refractivity (Wildman–Crippen MR) is 63.5 cm³/mol. The molecule has 0 bridgehead atoms. The molecular formula is C11H13ClFN3O. The molecular weight excluding hydrogens is 245 g/mol. The lowest BCUT2D eigenvalue weighted by Gasteiger charge is -2.18. The average Bonchev–Trinajstić information content (AvgIpc) is 2.63. The Kier molecular flexibility index (Phi) is 3.31. The molecule has 0 aliphatic heterocycles. The van der Waals surface area contributed by atoms with Crippen LogP contribution < -0.4 is 0 Å². The molecule has 0 aliphatic carbocycles. The van der Waals surface area contributed by atoms with Crippen LogP contribution in [0.4, 0.5) is 4.39 Å². The zero-order valence-electron chi connectivity index (χ0n) is 9.56. The molecule has 2 rings (SSSR count).